The fourth-order valence-corrected chi connectivity index (χ4v) is 2.68. The molecular formula is C15H12BrCl2NO2. The van der Waals surface area contributed by atoms with Crippen LogP contribution in [0.1, 0.15) is 5.56 Å². The number of anilines is 1. The summed E-state index contributed by atoms with van der Waals surface area (Å²) in [5.74, 6) is 0.325. The molecule has 0 heterocycles. The van der Waals surface area contributed by atoms with E-state index in [1.165, 1.54) is 0 Å². The van der Waals surface area contributed by atoms with Gasteiger partial charge < -0.3 is 10.1 Å². The van der Waals surface area contributed by atoms with E-state index in [1.54, 1.807) is 24.3 Å². The molecular weight excluding hydrogens is 377 g/mol. The summed E-state index contributed by atoms with van der Waals surface area (Å²) in [4.78, 5) is 11.9. The minimum absolute atomic E-state index is 0.121. The molecule has 0 atom stereocenters. The number of rotatable bonds is 4. The molecule has 0 unspecified atom stereocenters. The maximum Gasteiger partial charge on any atom is 0.262 e. The molecule has 2 aromatic rings. The average Bonchev–Trinajstić information content (AvgIpc) is 2.42. The fraction of sp³-hybridized carbons (Fsp3) is 0.133. The number of halogens is 3. The van der Waals surface area contributed by atoms with Crippen LogP contribution in [0.2, 0.25) is 10.0 Å². The van der Waals surface area contributed by atoms with Crippen LogP contribution >= 0.6 is 39.1 Å². The van der Waals surface area contributed by atoms with E-state index in [4.69, 9.17) is 27.9 Å². The van der Waals surface area contributed by atoms with Gasteiger partial charge >= 0.3 is 0 Å². The van der Waals surface area contributed by atoms with Gasteiger partial charge in [-0.25, -0.2) is 0 Å². The standard InChI is InChI=1S/C15H12BrCl2NO2/c1-9-7-10(16)5-6-13(9)21-8-14(20)19-15-11(17)3-2-4-12(15)18/h2-7H,8H2,1H3,(H,19,20). The van der Waals surface area contributed by atoms with Gasteiger partial charge in [-0.3, -0.25) is 4.79 Å². The smallest absolute Gasteiger partial charge is 0.262 e. The zero-order valence-electron chi connectivity index (χ0n) is 11.1. The monoisotopic (exact) mass is 387 g/mol. The first kappa shape index (κ1) is 16.1. The summed E-state index contributed by atoms with van der Waals surface area (Å²) in [7, 11) is 0. The number of hydrogen-bond donors (Lipinski definition) is 1. The summed E-state index contributed by atoms with van der Waals surface area (Å²) in [5, 5.41) is 3.41. The number of aryl methyl sites for hydroxylation is 1. The van der Waals surface area contributed by atoms with Crippen LogP contribution in [-0.2, 0) is 4.79 Å². The zero-order chi connectivity index (χ0) is 15.4. The Morgan fingerprint density at radius 2 is 1.90 bits per heavy atom. The zero-order valence-corrected chi connectivity index (χ0v) is 14.2. The van der Waals surface area contributed by atoms with E-state index in [9.17, 15) is 4.79 Å². The number of benzene rings is 2. The Kier molecular flexibility index (Phi) is 5.51. The molecule has 21 heavy (non-hydrogen) atoms. The normalized spacial score (nSPS) is 10.3. The topological polar surface area (TPSA) is 38.3 Å². The Bertz CT molecular complexity index is 656. The molecule has 0 saturated heterocycles. The molecule has 0 aliphatic heterocycles. The summed E-state index contributed by atoms with van der Waals surface area (Å²) in [6.07, 6.45) is 0. The molecule has 110 valence electrons. The van der Waals surface area contributed by atoms with E-state index in [-0.39, 0.29) is 12.5 Å². The molecule has 1 amide bonds. The minimum Gasteiger partial charge on any atom is -0.483 e. The van der Waals surface area contributed by atoms with Crippen LogP contribution in [0.5, 0.6) is 5.75 Å². The van der Waals surface area contributed by atoms with Crippen molar-refractivity contribution in [1.82, 2.24) is 0 Å². The molecule has 0 saturated carbocycles. The lowest BCUT2D eigenvalue weighted by Crippen LogP contribution is -2.20. The molecule has 3 nitrogen and oxygen atoms in total. The molecule has 2 aromatic carbocycles. The van der Waals surface area contributed by atoms with Crippen LogP contribution in [0, 0.1) is 6.92 Å². The molecule has 0 aliphatic carbocycles. The van der Waals surface area contributed by atoms with Gasteiger partial charge in [0.1, 0.15) is 5.75 Å². The predicted octanol–water partition coefficient (Wildman–Crippen LogP) is 5.08. The van der Waals surface area contributed by atoms with E-state index in [0.29, 0.717) is 21.5 Å². The van der Waals surface area contributed by atoms with Crippen LogP contribution in [-0.4, -0.2) is 12.5 Å². The lowest BCUT2D eigenvalue weighted by atomic mass is 10.2. The summed E-state index contributed by atoms with van der Waals surface area (Å²) in [6, 6.07) is 10.6. The van der Waals surface area contributed by atoms with E-state index in [2.05, 4.69) is 21.2 Å². The quantitative estimate of drug-likeness (QED) is 0.792. The molecule has 2 rings (SSSR count). The summed E-state index contributed by atoms with van der Waals surface area (Å²) in [6.45, 7) is 1.78. The van der Waals surface area contributed by atoms with E-state index in [1.807, 2.05) is 19.1 Å². The van der Waals surface area contributed by atoms with Gasteiger partial charge in [0.2, 0.25) is 0 Å². The van der Waals surface area contributed by atoms with Crippen molar-refractivity contribution in [2.45, 2.75) is 6.92 Å². The lowest BCUT2D eigenvalue weighted by molar-refractivity contribution is -0.118. The molecule has 0 aromatic heterocycles. The number of carbonyl (C=O) groups is 1. The Morgan fingerprint density at radius 1 is 1.24 bits per heavy atom. The second kappa shape index (κ2) is 7.16. The number of para-hydroxylation sites is 1. The fourth-order valence-electron chi connectivity index (χ4n) is 1.71. The van der Waals surface area contributed by atoms with Crippen LogP contribution in [0.4, 0.5) is 5.69 Å². The van der Waals surface area contributed by atoms with Crippen molar-refractivity contribution in [3.63, 3.8) is 0 Å². The van der Waals surface area contributed by atoms with Crippen molar-refractivity contribution < 1.29 is 9.53 Å². The van der Waals surface area contributed by atoms with Crippen LogP contribution < -0.4 is 10.1 Å². The third kappa shape index (κ3) is 4.37. The Balaban J connectivity index is 1.99. The molecule has 6 heteroatoms. The van der Waals surface area contributed by atoms with Crippen molar-refractivity contribution in [3.05, 3.63) is 56.5 Å². The first-order valence-electron chi connectivity index (χ1n) is 6.10. The SMILES string of the molecule is Cc1cc(Br)ccc1OCC(=O)Nc1c(Cl)cccc1Cl. The molecule has 1 N–H and O–H groups in total. The van der Waals surface area contributed by atoms with Crippen LogP contribution in [0.3, 0.4) is 0 Å². The van der Waals surface area contributed by atoms with E-state index in [0.717, 1.165) is 10.0 Å². The number of nitrogens with one attached hydrogen (secondary N) is 1. The molecule has 0 radical (unpaired) electrons. The highest BCUT2D eigenvalue weighted by molar-refractivity contribution is 9.10. The summed E-state index contributed by atoms with van der Waals surface area (Å²) >= 11 is 15.3. The minimum atomic E-state index is -0.327. The maximum absolute atomic E-state index is 11.9. The first-order valence-corrected chi connectivity index (χ1v) is 7.65. The highest BCUT2D eigenvalue weighted by atomic mass is 79.9. The van der Waals surface area contributed by atoms with Crippen molar-refractivity contribution in [2.75, 3.05) is 11.9 Å². The van der Waals surface area contributed by atoms with Gasteiger partial charge in [0.25, 0.3) is 5.91 Å². The van der Waals surface area contributed by atoms with Crippen molar-refractivity contribution in [1.29, 1.82) is 0 Å². The van der Waals surface area contributed by atoms with Crippen molar-refractivity contribution >= 4 is 50.7 Å². The first-order chi connectivity index (χ1) is 9.97. The Labute approximate surface area is 141 Å². The van der Waals surface area contributed by atoms with Crippen LogP contribution in [0.15, 0.2) is 40.9 Å². The van der Waals surface area contributed by atoms with Crippen molar-refractivity contribution in [3.8, 4) is 5.75 Å². The van der Waals surface area contributed by atoms with Gasteiger partial charge in [0.05, 0.1) is 15.7 Å². The van der Waals surface area contributed by atoms with Crippen LogP contribution in [0.25, 0.3) is 0 Å². The van der Waals surface area contributed by atoms with Crippen molar-refractivity contribution in [2.24, 2.45) is 0 Å². The number of ether oxygens (including phenoxy) is 1. The highest BCUT2D eigenvalue weighted by Gasteiger charge is 2.10. The lowest BCUT2D eigenvalue weighted by Gasteiger charge is -2.11. The second-order valence-corrected chi connectivity index (χ2v) is 6.07. The molecule has 0 spiro atoms. The Hall–Kier alpha value is -1.23. The summed E-state index contributed by atoms with van der Waals surface area (Å²) < 4.78 is 6.44. The van der Waals surface area contributed by atoms with Gasteiger partial charge in [0.15, 0.2) is 6.61 Å². The maximum atomic E-state index is 11.9. The average molecular weight is 389 g/mol. The third-order valence-corrected chi connectivity index (χ3v) is 3.85. The predicted molar refractivity (Wildman–Crippen MR) is 89.5 cm³/mol. The molecule has 0 fully saturated rings. The number of carbonyl (C=O) groups excluding carboxylic acids is 1. The van der Waals surface area contributed by atoms with Gasteiger partial charge in [-0.1, -0.05) is 45.2 Å². The summed E-state index contributed by atoms with van der Waals surface area (Å²) in [5.41, 5.74) is 1.33. The number of amides is 1. The van der Waals surface area contributed by atoms with Gasteiger partial charge in [0, 0.05) is 4.47 Å². The largest absolute Gasteiger partial charge is 0.483 e. The van der Waals surface area contributed by atoms with Gasteiger partial charge in [-0.05, 0) is 42.8 Å². The number of hydrogen-bond acceptors (Lipinski definition) is 2. The van der Waals surface area contributed by atoms with Gasteiger partial charge in [-0.15, -0.1) is 0 Å². The van der Waals surface area contributed by atoms with E-state index < -0.39 is 0 Å². The molecule has 0 aliphatic rings. The van der Waals surface area contributed by atoms with E-state index >= 15 is 0 Å². The second-order valence-electron chi connectivity index (χ2n) is 4.34. The van der Waals surface area contributed by atoms with Gasteiger partial charge in [-0.2, -0.15) is 0 Å². The Morgan fingerprint density at radius 3 is 2.52 bits per heavy atom. The highest BCUT2D eigenvalue weighted by Crippen LogP contribution is 2.29. The molecule has 0 bridgehead atoms. The third-order valence-electron chi connectivity index (χ3n) is 2.72.